The first kappa shape index (κ1) is 33.8. The second-order valence-corrected chi connectivity index (χ2v) is 13.0. The number of pyridine rings is 5. The molecule has 0 radical (unpaired) electrons. The Morgan fingerprint density at radius 2 is 1.06 bits per heavy atom. The van der Waals surface area contributed by atoms with Gasteiger partial charge in [-0.3, -0.25) is 19.9 Å². The molecule has 0 bridgehead atoms. The average molecular weight is 675 g/mol. The summed E-state index contributed by atoms with van der Waals surface area (Å²) in [5.41, 5.74) is 12.6. The maximum atomic E-state index is 4.93. The van der Waals surface area contributed by atoms with Crippen LogP contribution in [0.15, 0.2) is 176 Å². The number of aromatic nitrogens is 5. The lowest BCUT2D eigenvalue weighted by Gasteiger charge is -2.26. The third kappa shape index (κ3) is 7.57. The lowest BCUT2D eigenvalue weighted by Crippen LogP contribution is -2.18. The molecule has 7 aromatic rings. The number of benzene rings is 2. The van der Waals surface area contributed by atoms with Crippen molar-refractivity contribution in [3.8, 4) is 33.9 Å². The molecule has 252 valence electrons. The molecular formula is C46H38N6. The number of hydrogen-bond donors (Lipinski definition) is 0. The highest BCUT2D eigenvalue weighted by molar-refractivity contribution is 6.00. The highest BCUT2D eigenvalue weighted by Crippen LogP contribution is 2.35. The summed E-state index contributed by atoms with van der Waals surface area (Å²) in [6.07, 6.45) is 9.12. The minimum atomic E-state index is -0.242. The van der Waals surface area contributed by atoms with E-state index in [1.54, 1.807) is 24.8 Å². The molecule has 2 aromatic carbocycles. The molecule has 0 saturated heterocycles. The van der Waals surface area contributed by atoms with E-state index in [-0.39, 0.29) is 5.41 Å². The molecule has 0 unspecified atom stereocenters. The number of hydrogen-bond acceptors (Lipinski definition) is 6. The number of rotatable bonds is 10. The third-order valence-electron chi connectivity index (χ3n) is 9.16. The molecule has 5 heterocycles. The molecule has 52 heavy (non-hydrogen) atoms. The molecule has 0 atom stereocenters. The first-order chi connectivity index (χ1) is 25.3. The van der Waals surface area contributed by atoms with Gasteiger partial charge < -0.3 is 0 Å². The number of nitrogens with zero attached hydrogens (tertiary/aromatic N) is 6. The number of aliphatic imine (C=N–C) groups is 1. The lowest BCUT2D eigenvalue weighted by molar-refractivity contribution is 0.641. The molecule has 6 nitrogen and oxygen atoms in total. The molecule has 0 N–H and O–H groups in total. The Morgan fingerprint density at radius 3 is 1.56 bits per heavy atom. The van der Waals surface area contributed by atoms with Crippen molar-refractivity contribution in [2.24, 2.45) is 4.99 Å². The normalized spacial score (nSPS) is 12.1. The van der Waals surface area contributed by atoms with Crippen LogP contribution in [0.2, 0.25) is 0 Å². The van der Waals surface area contributed by atoms with Crippen LogP contribution in [0.1, 0.15) is 48.8 Å². The van der Waals surface area contributed by atoms with Gasteiger partial charge in [-0.05, 0) is 107 Å². The monoisotopic (exact) mass is 674 g/mol. The van der Waals surface area contributed by atoms with Crippen LogP contribution in [0.3, 0.4) is 0 Å². The van der Waals surface area contributed by atoms with Crippen LogP contribution in [0.4, 0.5) is 0 Å². The molecule has 5 aromatic heterocycles. The largest absolute Gasteiger partial charge is 0.255 e. The Kier molecular flexibility index (Phi) is 9.80. The maximum absolute atomic E-state index is 4.93. The molecule has 6 heteroatoms. The van der Waals surface area contributed by atoms with Gasteiger partial charge in [-0.15, -0.1) is 0 Å². The van der Waals surface area contributed by atoms with Crippen molar-refractivity contribution in [2.75, 3.05) is 0 Å². The third-order valence-corrected chi connectivity index (χ3v) is 9.16. The minimum absolute atomic E-state index is 0.242. The summed E-state index contributed by atoms with van der Waals surface area (Å²) in [5.74, 6) is 0. The predicted octanol–water partition coefficient (Wildman–Crippen LogP) is 10.6. The van der Waals surface area contributed by atoms with Crippen LogP contribution in [0, 0.1) is 0 Å². The van der Waals surface area contributed by atoms with E-state index in [0.29, 0.717) is 0 Å². The standard InChI is InChI=1S/C46H38N6/c1-32(29-43(40-14-6-10-26-48-40)51-33(2)39-13-5-9-25-47-39)34-17-21-37(22-18-34)46(3,4)38-23-19-35(20-24-38)36-30-44(41-15-7-11-27-49-41)52-45(31-36)42-16-8-12-28-50-42/h5-31H,1H2,2-4H3/b43-29-,51-33+. The zero-order valence-electron chi connectivity index (χ0n) is 29.5. The van der Waals surface area contributed by atoms with Crippen molar-refractivity contribution in [1.82, 2.24) is 24.9 Å². The highest BCUT2D eigenvalue weighted by Gasteiger charge is 2.23. The minimum Gasteiger partial charge on any atom is -0.255 e. The number of allylic oxidation sites excluding steroid dienone is 2. The van der Waals surface area contributed by atoms with Gasteiger partial charge in [0.05, 0.1) is 45.6 Å². The Bertz CT molecular complexity index is 2290. The molecule has 0 spiro atoms. The van der Waals surface area contributed by atoms with Gasteiger partial charge in [-0.2, -0.15) is 0 Å². The lowest BCUT2D eigenvalue weighted by atomic mass is 9.77. The maximum Gasteiger partial charge on any atom is 0.0900 e. The van der Waals surface area contributed by atoms with Crippen LogP contribution < -0.4 is 0 Å². The van der Waals surface area contributed by atoms with Gasteiger partial charge in [0, 0.05) is 30.2 Å². The fraction of sp³-hybridized carbons (Fsp3) is 0.0870. The SMILES string of the molecule is C=C(/C=C(\N=C(/C)c1ccccn1)c1ccccn1)c1ccc(C(C)(C)c2ccc(-c3cc(-c4ccccn4)nc(-c4ccccn4)c3)cc2)cc1. The predicted molar refractivity (Wildman–Crippen MR) is 212 cm³/mol. The quantitative estimate of drug-likeness (QED) is 0.107. The molecule has 0 aliphatic rings. The van der Waals surface area contributed by atoms with E-state index >= 15 is 0 Å². The van der Waals surface area contributed by atoms with Crippen molar-refractivity contribution in [2.45, 2.75) is 26.2 Å². The van der Waals surface area contributed by atoms with E-state index in [9.17, 15) is 0 Å². The summed E-state index contributed by atoms with van der Waals surface area (Å²) in [6, 6.07) is 45.0. The van der Waals surface area contributed by atoms with Gasteiger partial charge in [0.1, 0.15) is 0 Å². The summed E-state index contributed by atoms with van der Waals surface area (Å²) in [4.78, 5) is 28.0. The van der Waals surface area contributed by atoms with Gasteiger partial charge in [-0.25, -0.2) is 9.98 Å². The van der Waals surface area contributed by atoms with E-state index in [0.717, 1.165) is 67.8 Å². The van der Waals surface area contributed by atoms with Crippen LogP contribution in [0.5, 0.6) is 0 Å². The van der Waals surface area contributed by atoms with Gasteiger partial charge in [-0.1, -0.05) is 93.2 Å². The van der Waals surface area contributed by atoms with Crippen LogP contribution in [-0.4, -0.2) is 30.6 Å². The van der Waals surface area contributed by atoms with E-state index in [4.69, 9.17) is 9.98 Å². The van der Waals surface area contributed by atoms with E-state index < -0.39 is 0 Å². The topological polar surface area (TPSA) is 76.8 Å². The molecule has 0 aliphatic heterocycles. The van der Waals surface area contributed by atoms with Gasteiger partial charge in [0.25, 0.3) is 0 Å². The first-order valence-corrected chi connectivity index (χ1v) is 17.2. The van der Waals surface area contributed by atoms with E-state index in [1.807, 2.05) is 85.8 Å². The van der Waals surface area contributed by atoms with Gasteiger partial charge in [0.15, 0.2) is 0 Å². The van der Waals surface area contributed by atoms with Crippen LogP contribution in [0.25, 0.3) is 45.2 Å². The summed E-state index contributed by atoms with van der Waals surface area (Å²) in [5, 5.41) is 0. The molecule has 0 amide bonds. The van der Waals surface area contributed by atoms with E-state index in [1.165, 1.54) is 11.1 Å². The molecule has 7 rings (SSSR count). The molecule has 0 fully saturated rings. The summed E-state index contributed by atoms with van der Waals surface area (Å²) in [6.45, 7) is 10.9. The summed E-state index contributed by atoms with van der Waals surface area (Å²) < 4.78 is 0. The van der Waals surface area contributed by atoms with Crippen LogP contribution >= 0.6 is 0 Å². The van der Waals surface area contributed by atoms with Gasteiger partial charge >= 0.3 is 0 Å². The van der Waals surface area contributed by atoms with Crippen molar-refractivity contribution in [1.29, 1.82) is 0 Å². The van der Waals surface area contributed by atoms with Crippen molar-refractivity contribution < 1.29 is 0 Å². The molecule has 0 saturated carbocycles. The van der Waals surface area contributed by atoms with Gasteiger partial charge in [0.2, 0.25) is 0 Å². The highest BCUT2D eigenvalue weighted by atomic mass is 14.8. The Labute approximate surface area is 305 Å². The van der Waals surface area contributed by atoms with Crippen molar-refractivity contribution >= 4 is 17.0 Å². The summed E-state index contributed by atoms with van der Waals surface area (Å²) in [7, 11) is 0. The Hall–Kier alpha value is -6.66. The smallest absolute Gasteiger partial charge is 0.0900 e. The van der Waals surface area contributed by atoms with E-state index in [2.05, 4.69) is 101 Å². The fourth-order valence-corrected chi connectivity index (χ4v) is 6.08. The Morgan fingerprint density at radius 1 is 0.558 bits per heavy atom. The second-order valence-electron chi connectivity index (χ2n) is 13.0. The first-order valence-electron chi connectivity index (χ1n) is 17.2. The molecular weight excluding hydrogens is 637 g/mol. The molecule has 0 aliphatic carbocycles. The summed E-state index contributed by atoms with van der Waals surface area (Å²) >= 11 is 0. The Balaban J connectivity index is 1.15. The van der Waals surface area contributed by atoms with Crippen molar-refractivity contribution in [3.05, 3.63) is 199 Å². The second kappa shape index (κ2) is 15.1. The average Bonchev–Trinajstić information content (AvgIpc) is 3.21. The fourth-order valence-electron chi connectivity index (χ4n) is 6.08. The zero-order valence-corrected chi connectivity index (χ0v) is 29.5. The zero-order chi connectivity index (χ0) is 35.9. The van der Waals surface area contributed by atoms with Crippen molar-refractivity contribution in [3.63, 3.8) is 0 Å². The van der Waals surface area contributed by atoms with Crippen LogP contribution in [-0.2, 0) is 5.41 Å².